The second kappa shape index (κ2) is 11.5. The molecule has 5 heteroatoms. The van der Waals surface area contributed by atoms with Crippen molar-refractivity contribution in [2.45, 2.75) is 64.5 Å². The zero-order valence-electron chi connectivity index (χ0n) is 18.7. The lowest BCUT2D eigenvalue weighted by Gasteiger charge is -2.31. The summed E-state index contributed by atoms with van der Waals surface area (Å²) in [6.07, 6.45) is 5.63. The molecule has 1 saturated carbocycles. The normalized spacial score (nSPS) is 14.8. The second-order valence-electron chi connectivity index (χ2n) is 8.34. The van der Waals surface area contributed by atoms with Gasteiger partial charge in [0.05, 0.1) is 0 Å². The second-order valence-corrected chi connectivity index (χ2v) is 8.34. The third-order valence-electron chi connectivity index (χ3n) is 5.92. The minimum Gasteiger partial charge on any atom is -0.484 e. The summed E-state index contributed by atoms with van der Waals surface area (Å²) in [4.78, 5) is 27.9. The summed E-state index contributed by atoms with van der Waals surface area (Å²) in [6, 6.07) is 17.5. The van der Waals surface area contributed by atoms with Gasteiger partial charge in [0.1, 0.15) is 11.8 Å². The molecule has 0 spiro atoms. The van der Waals surface area contributed by atoms with Crippen molar-refractivity contribution in [1.29, 1.82) is 0 Å². The summed E-state index contributed by atoms with van der Waals surface area (Å²) >= 11 is 0. The molecule has 0 heterocycles. The fourth-order valence-corrected chi connectivity index (χ4v) is 4.20. The van der Waals surface area contributed by atoms with E-state index in [2.05, 4.69) is 5.32 Å². The number of nitrogens with zero attached hydrogens (tertiary/aromatic N) is 1. The maximum absolute atomic E-state index is 13.2. The Balaban J connectivity index is 1.69. The van der Waals surface area contributed by atoms with Crippen LogP contribution in [0.4, 0.5) is 0 Å². The van der Waals surface area contributed by atoms with Crippen molar-refractivity contribution in [3.8, 4) is 5.75 Å². The van der Waals surface area contributed by atoms with Gasteiger partial charge in [-0.1, -0.05) is 62.2 Å². The van der Waals surface area contributed by atoms with Gasteiger partial charge in [0.15, 0.2) is 6.61 Å². The molecule has 2 aromatic rings. The van der Waals surface area contributed by atoms with E-state index in [1.807, 2.05) is 68.4 Å². The number of ether oxygens (including phenoxy) is 1. The summed E-state index contributed by atoms with van der Waals surface area (Å²) in [5.74, 6) is 0.456. The monoisotopic (exact) mass is 422 g/mol. The molecule has 0 aromatic heterocycles. The van der Waals surface area contributed by atoms with Crippen LogP contribution in [0.3, 0.4) is 0 Å². The van der Waals surface area contributed by atoms with Crippen molar-refractivity contribution in [3.05, 3.63) is 65.7 Å². The van der Waals surface area contributed by atoms with Crippen LogP contribution in [0.1, 0.15) is 50.2 Å². The Hall–Kier alpha value is -2.82. The summed E-state index contributed by atoms with van der Waals surface area (Å²) < 4.78 is 5.77. The van der Waals surface area contributed by atoms with Gasteiger partial charge >= 0.3 is 0 Å². The number of carbonyl (C=O) groups is 2. The molecule has 1 fully saturated rings. The zero-order valence-corrected chi connectivity index (χ0v) is 18.7. The molecule has 1 aliphatic carbocycles. The quantitative estimate of drug-likeness (QED) is 0.622. The van der Waals surface area contributed by atoms with Gasteiger partial charge in [0.25, 0.3) is 5.91 Å². The van der Waals surface area contributed by atoms with Crippen molar-refractivity contribution >= 4 is 11.8 Å². The molecule has 166 valence electrons. The van der Waals surface area contributed by atoms with Crippen LogP contribution in [-0.4, -0.2) is 41.9 Å². The standard InChI is InChI=1S/C26H34N2O3/c1-3-24(26(30)27-22-13-7-8-14-22)28(17-16-21-11-5-4-6-12-21)25(29)19-31-23-15-9-10-20(2)18-23/h4-6,9-12,15,18,22,24H,3,7-8,13-14,16-17,19H2,1-2H3,(H,27,30). The Morgan fingerprint density at radius 3 is 2.52 bits per heavy atom. The Morgan fingerprint density at radius 1 is 1.10 bits per heavy atom. The number of aryl methyl sites for hydroxylation is 1. The first-order valence-electron chi connectivity index (χ1n) is 11.4. The van der Waals surface area contributed by atoms with Gasteiger partial charge in [-0.3, -0.25) is 9.59 Å². The lowest BCUT2D eigenvalue weighted by molar-refractivity contribution is -0.142. The molecular formula is C26H34N2O3. The van der Waals surface area contributed by atoms with Gasteiger partial charge in [-0.2, -0.15) is 0 Å². The number of benzene rings is 2. The third-order valence-corrected chi connectivity index (χ3v) is 5.92. The van der Waals surface area contributed by atoms with Gasteiger partial charge in [-0.05, 0) is 55.9 Å². The van der Waals surface area contributed by atoms with E-state index in [4.69, 9.17) is 4.74 Å². The molecule has 2 amide bonds. The molecule has 5 nitrogen and oxygen atoms in total. The van der Waals surface area contributed by atoms with Crippen LogP contribution in [0.15, 0.2) is 54.6 Å². The molecule has 31 heavy (non-hydrogen) atoms. The van der Waals surface area contributed by atoms with Crippen molar-refractivity contribution in [1.82, 2.24) is 10.2 Å². The molecule has 1 atom stereocenters. The van der Waals surface area contributed by atoms with Crippen LogP contribution >= 0.6 is 0 Å². The van der Waals surface area contributed by atoms with E-state index in [1.165, 1.54) is 0 Å². The lowest BCUT2D eigenvalue weighted by Crippen LogP contribution is -2.52. The van der Waals surface area contributed by atoms with Crippen molar-refractivity contribution in [3.63, 3.8) is 0 Å². The van der Waals surface area contributed by atoms with E-state index in [1.54, 1.807) is 4.90 Å². The number of amides is 2. The molecule has 3 rings (SSSR count). The molecular weight excluding hydrogens is 388 g/mol. The maximum atomic E-state index is 13.2. The Morgan fingerprint density at radius 2 is 1.84 bits per heavy atom. The number of nitrogens with one attached hydrogen (secondary N) is 1. The predicted octanol–water partition coefficient (Wildman–Crippen LogP) is 4.28. The molecule has 0 radical (unpaired) electrons. The predicted molar refractivity (Wildman–Crippen MR) is 123 cm³/mol. The summed E-state index contributed by atoms with van der Waals surface area (Å²) in [5.41, 5.74) is 2.22. The first-order chi connectivity index (χ1) is 15.1. The van der Waals surface area contributed by atoms with Gasteiger partial charge in [0.2, 0.25) is 5.91 Å². The average Bonchev–Trinajstić information content (AvgIpc) is 3.28. The number of hydrogen-bond donors (Lipinski definition) is 1. The highest BCUT2D eigenvalue weighted by molar-refractivity contribution is 5.88. The zero-order chi connectivity index (χ0) is 22.1. The van der Waals surface area contributed by atoms with Crippen molar-refractivity contribution in [2.24, 2.45) is 0 Å². The van der Waals surface area contributed by atoms with E-state index in [-0.39, 0.29) is 24.5 Å². The average molecular weight is 423 g/mol. The van der Waals surface area contributed by atoms with E-state index < -0.39 is 6.04 Å². The smallest absolute Gasteiger partial charge is 0.261 e. The highest BCUT2D eigenvalue weighted by Crippen LogP contribution is 2.19. The molecule has 1 N–H and O–H groups in total. The number of rotatable bonds is 10. The summed E-state index contributed by atoms with van der Waals surface area (Å²) in [7, 11) is 0. The molecule has 0 saturated heterocycles. The molecule has 1 unspecified atom stereocenters. The van der Waals surface area contributed by atoms with Crippen LogP contribution in [0.25, 0.3) is 0 Å². The maximum Gasteiger partial charge on any atom is 0.261 e. The minimum atomic E-state index is -0.488. The van der Waals surface area contributed by atoms with Crippen LogP contribution in [0, 0.1) is 6.92 Å². The Kier molecular flexibility index (Phi) is 8.51. The van der Waals surface area contributed by atoms with Crippen molar-refractivity contribution < 1.29 is 14.3 Å². The number of carbonyl (C=O) groups excluding carboxylic acids is 2. The van der Waals surface area contributed by atoms with E-state index in [0.717, 1.165) is 36.8 Å². The van der Waals surface area contributed by atoms with Crippen LogP contribution in [-0.2, 0) is 16.0 Å². The Labute approximate surface area is 185 Å². The SMILES string of the molecule is CCC(C(=O)NC1CCCC1)N(CCc1ccccc1)C(=O)COc1cccc(C)c1. The van der Waals surface area contributed by atoms with Gasteiger partial charge < -0.3 is 15.0 Å². The van der Waals surface area contributed by atoms with E-state index in [0.29, 0.717) is 25.1 Å². The first-order valence-corrected chi connectivity index (χ1v) is 11.4. The van der Waals surface area contributed by atoms with Gasteiger partial charge in [-0.25, -0.2) is 0 Å². The molecule has 2 aromatic carbocycles. The van der Waals surface area contributed by atoms with Gasteiger partial charge in [0, 0.05) is 12.6 Å². The summed E-state index contributed by atoms with van der Waals surface area (Å²) in [6.45, 7) is 4.35. The van der Waals surface area contributed by atoms with Crippen LogP contribution < -0.4 is 10.1 Å². The molecule has 0 bridgehead atoms. The fourth-order valence-electron chi connectivity index (χ4n) is 4.20. The molecule has 1 aliphatic rings. The molecule has 0 aliphatic heterocycles. The van der Waals surface area contributed by atoms with E-state index in [9.17, 15) is 9.59 Å². The number of hydrogen-bond acceptors (Lipinski definition) is 3. The highest BCUT2D eigenvalue weighted by Gasteiger charge is 2.30. The lowest BCUT2D eigenvalue weighted by atomic mass is 10.1. The fraction of sp³-hybridized carbons (Fsp3) is 0.462. The van der Waals surface area contributed by atoms with Crippen LogP contribution in [0.5, 0.6) is 5.75 Å². The first kappa shape index (κ1) is 22.9. The van der Waals surface area contributed by atoms with E-state index >= 15 is 0 Å². The van der Waals surface area contributed by atoms with Gasteiger partial charge in [-0.15, -0.1) is 0 Å². The largest absolute Gasteiger partial charge is 0.484 e. The van der Waals surface area contributed by atoms with Crippen LogP contribution in [0.2, 0.25) is 0 Å². The minimum absolute atomic E-state index is 0.0497. The summed E-state index contributed by atoms with van der Waals surface area (Å²) in [5, 5.41) is 3.17. The van der Waals surface area contributed by atoms with Crippen molar-refractivity contribution in [2.75, 3.05) is 13.2 Å². The topological polar surface area (TPSA) is 58.6 Å². The Bertz CT molecular complexity index is 847. The third kappa shape index (κ3) is 6.84. The highest BCUT2D eigenvalue weighted by atomic mass is 16.5.